The number of methoxy groups -OCH3 is 1. The van der Waals surface area contributed by atoms with Crippen LogP contribution in [0.1, 0.15) is 23.6 Å². The molecule has 4 rings (SSSR count). The van der Waals surface area contributed by atoms with Crippen LogP contribution in [0.25, 0.3) is 0 Å². The number of hydrogen-bond acceptors (Lipinski definition) is 3. The van der Waals surface area contributed by atoms with Gasteiger partial charge in [0.1, 0.15) is 11.6 Å². The largest absolute Gasteiger partial charge is 0.497 e. The van der Waals surface area contributed by atoms with Crippen LogP contribution in [0.4, 0.5) is 10.1 Å². The summed E-state index contributed by atoms with van der Waals surface area (Å²) in [4.78, 5) is 0. The Kier molecular flexibility index (Phi) is 4.40. The van der Waals surface area contributed by atoms with Crippen LogP contribution in [0.2, 0.25) is 0 Å². The highest BCUT2D eigenvalue weighted by atomic mass is 19.1. The number of para-hydroxylation sites is 1. The SMILES string of the molecule is COc1ccc(C2=NN(c3ccccc3)[C@H](c3ccc(F)cc3)C2)cc1. The molecule has 26 heavy (non-hydrogen) atoms. The Morgan fingerprint density at radius 2 is 1.62 bits per heavy atom. The quantitative estimate of drug-likeness (QED) is 0.649. The zero-order valence-electron chi connectivity index (χ0n) is 14.5. The molecule has 1 aliphatic rings. The van der Waals surface area contributed by atoms with E-state index in [4.69, 9.17) is 9.84 Å². The molecule has 0 saturated heterocycles. The van der Waals surface area contributed by atoms with Crippen LogP contribution < -0.4 is 9.75 Å². The van der Waals surface area contributed by atoms with Crippen LogP contribution in [0.15, 0.2) is 84.0 Å². The van der Waals surface area contributed by atoms with Gasteiger partial charge in [0.15, 0.2) is 0 Å². The van der Waals surface area contributed by atoms with Gasteiger partial charge in [-0.1, -0.05) is 30.3 Å². The summed E-state index contributed by atoms with van der Waals surface area (Å²) in [6.07, 6.45) is 0.757. The van der Waals surface area contributed by atoms with Gasteiger partial charge in [-0.05, 0) is 59.7 Å². The van der Waals surface area contributed by atoms with Gasteiger partial charge in [-0.15, -0.1) is 0 Å². The van der Waals surface area contributed by atoms with Gasteiger partial charge in [0, 0.05) is 6.42 Å². The summed E-state index contributed by atoms with van der Waals surface area (Å²) in [6.45, 7) is 0. The second kappa shape index (κ2) is 7.00. The maximum absolute atomic E-state index is 13.4. The molecule has 0 bridgehead atoms. The van der Waals surface area contributed by atoms with Gasteiger partial charge in [0.2, 0.25) is 0 Å². The first-order valence-electron chi connectivity index (χ1n) is 8.56. The Hall–Kier alpha value is -3.14. The summed E-state index contributed by atoms with van der Waals surface area (Å²) in [5, 5.41) is 6.90. The molecule has 3 aromatic carbocycles. The molecule has 0 spiro atoms. The van der Waals surface area contributed by atoms with Crippen molar-refractivity contribution < 1.29 is 9.13 Å². The molecule has 0 amide bonds. The van der Waals surface area contributed by atoms with Crippen molar-refractivity contribution in [3.05, 3.63) is 95.8 Å². The minimum atomic E-state index is -0.227. The molecule has 0 aliphatic carbocycles. The first-order valence-corrected chi connectivity index (χ1v) is 8.56. The van der Waals surface area contributed by atoms with Gasteiger partial charge >= 0.3 is 0 Å². The topological polar surface area (TPSA) is 24.8 Å². The van der Waals surface area contributed by atoms with E-state index in [0.29, 0.717) is 0 Å². The lowest BCUT2D eigenvalue weighted by atomic mass is 9.98. The summed E-state index contributed by atoms with van der Waals surface area (Å²) in [5.74, 6) is 0.594. The average molecular weight is 346 g/mol. The van der Waals surface area contributed by atoms with Gasteiger partial charge < -0.3 is 4.74 Å². The zero-order valence-corrected chi connectivity index (χ0v) is 14.5. The third kappa shape index (κ3) is 3.18. The van der Waals surface area contributed by atoms with Crippen molar-refractivity contribution in [2.24, 2.45) is 5.10 Å². The van der Waals surface area contributed by atoms with E-state index in [1.807, 2.05) is 71.7 Å². The predicted molar refractivity (Wildman–Crippen MR) is 102 cm³/mol. The van der Waals surface area contributed by atoms with Gasteiger partial charge in [-0.3, -0.25) is 5.01 Å². The fraction of sp³-hybridized carbons (Fsp3) is 0.136. The molecule has 1 aliphatic heterocycles. The van der Waals surface area contributed by atoms with Crippen LogP contribution >= 0.6 is 0 Å². The number of hydrazone groups is 1. The highest BCUT2D eigenvalue weighted by molar-refractivity contribution is 6.03. The highest BCUT2D eigenvalue weighted by Crippen LogP contribution is 2.36. The van der Waals surface area contributed by atoms with E-state index in [2.05, 4.69) is 0 Å². The molecule has 0 radical (unpaired) electrons. The molecule has 0 saturated carbocycles. The third-order valence-electron chi connectivity index (χ3n) is 4.61. The van der Waals surface area contributed by atoms with Crippen molar-refractivity contribution in [1.82, 2.24) is 0 Å². The summed E-state index contributed by atoms with van der Waals surface area (Å²) in [5.41, 5.74) is 4.13. The summed E-state index contributed by atoms with van der Waals surface area (Å²) in [7, 11) is 1.66. The Bertz CT molecular complexity index is 905. The van der Waals surface area contributed by atoms with Crippen molar-refractivity contribution in [3.8, 4) is 5.75 Å². The molecule has 0 aromatic heterocycles. The van der Waals surface area contributed by atoms with Crippen molar-refractivity contribution >= 4 is 11.4 Å². The minimum absolute atomic E-state index is 0.0371. The fourth-order valence-electron chi connectivity index (χ4n) is 3.23. The van der Waals surface area contributed by atoms with Crippen LogP contribution in [-0.4, -0.2) is 12.8 Å². The van der Waals surface area contributed by atoms with Crippen molar-refractivity contribution in [3.63, 3.8) is 0 Å². The van der Waals surface area contributed by atoms with Crippen molar-refractivity contribution in [1.29, 1.82) is 0 Å². The molecular weight excluding hydrogens is 327 g/mol. The first kappa shape index (κ1) is 16.3. The van der Waals surface area contributed by atoms with Crippen LogP contribution in [0.3, 0.4) is 0 Å². The van der Waals surface area contributed by atoms with Crippen molar-refractivity contribution in [2.75, 3.05) is 12.1 Å². The highest BCUT2D eigenvalue weighted by Gasteiger charge is 2.29. The summed E-state index contributed by atoms with van der Waals surface area (Å²) in [6, 6.07) is 24.7. The monoisotopic (exact) mass is 346 g/mol. The van der Waals surface area contributed by atoms with E-state index in [1.165, 1.54) is 12.1 Å². The van der Waals surface area contributed by atoms with Crippen LogP contribution in [0.5, 0.6) is 5.75 Å². The summed E-state index contributed by atoms with van der Waals surface area (Å²) >= 11 is 0. The number of hydrogen-bond donors (Lipinski definition) is 0. The normalized spacial score (nSPS) is 16.5. The molecule has 3 nitrogen and oxygen atoms in total. The van der Waals surface area contributed by atoms with Gasteiger partial charge in [-0.25, -0.2) is 4.39 Å². The van der Waals surface area contributed by atoms with Gasteiger partial charge in [-0.2, -0.15) is 5.10 Å². The van der Waals surface area contributed by atoms with E-state index in [1.54, 1.807) is 7.11 Å². The van der Waals surface area contributed by atoms with E-state index in [0.717, 1.165) is 34.7 Å². The Labute approximate surface area is 152 Å². The predicted octanol–water partition coefficient (Wildman–Crippen LogP) is 5.19. The third-order valence-corrected chi connectivity index (χ3v) is 4.61. The molecule has 130 valence electrons. The number of halogens is 1. The Morgan fingerprint density at radius 3 is 2.27 bits per heavy atom. The molecular formula is C22H19FN2O. The summed E-state index contributed by atoms with van der Waals surface area (Å²) < 4.78 is 18.6. The maximum atomic E-state index is 13.4. The second-order valence-electron chi connectivity index (χ2n) is 6.23. The van der Waals surface area contributed by atoms with E-state index < -0.39 is 0 Å². The molecule has 0 fully saturated rings. The zero-order chi connectivity index (χ0) is 17.9. The lowest BCUT2D eigenvalue weighted by Crippen LogP contribution is -2.18. The number of anilines is 1. The molecule has 1 heterocycles. The van der Waals surface area contributed by atoms with E-state index in [9.17, 15) is 4.39 Å². The van der Waals surface area contributed by atoms with E-state index >= 15 is 0 Å². The molecule has 1 atom stereocenters. The second-order valence-corrected chi connectivity index (χ2v) is 6.23. The molecule has 0 unspecified atom stereocenters. The molecule has 0 N–H and O–H groups in total. The van der Waals surface area contributed by atoms with Gasteiger partial charge in [0.05, 0.1) is 24.6 Å². The van der Waals surface area contributed by atoms with Crippen LogP contribution in [0, 0.1) is 5.82 Å². The van der Waals surface area contributed by atoms with Gasteiger partial charge in [0.25, 0.3) is 0 Å². The smallest absolute Gasteiger partial charge is 0.123 e. The standard InChI is InChI=1S/C22H19FN2O/c1-26-20-13-9-16(10-14-20)21-15-22(17-7-11-18(23)12-8-17)25(24-21)19-5-3-2-4-6-19/h2-14,22H,15H2,1H3/t22-/m0/s1. The number of nitrogens with zero attached hydrogens (tertiary/aromatic N) is 2. The Balaban J connectivity index is 1.71. The van der Waals surface area contributed by atoms with Crippen LogP contribution in [-0.2, 0) is 0 Å². The average Bonchev–Trinajstić information content (AvgIpc) is 3.15. The minimum Gasteiger partial charge on any atom is -0.497 e. The Morgan fingerprint density at radius 1 is 0.923 bits per heavy atom. The lowest BCUT2D eigenvalue weighted by molar-refractivity contribution is 0.415. The number of rotatable bonds is 4. The maximum Gasteiger partial charge on any atom is 0.123 e. The van der Waals surface area contributed by atoms with Crippen molar-refractivity contribution in [2.45, 2.75) is 12.5 Å². The molecule has 4 heteroatoms. The number of benzene rings is 3. The number of ether oxygens (including phenoxy) is 1. The van der Waals surface area contributed by atoms with E-state index in [-0.39, 0.29) is 11.9 Å². The lowest BCUT2D eigenvalue weighted by Gasteiger charge is -2.23. The molecule has 3 aromatic rings. The first-order chi connectivity index (χ1) is 12.7. The fourth-order valence-corrected chi connectivity index (χ4v) is 3.23.